The molecule has 0 radical (unpaired) electrons. The number of piperazine rings is 1. The SMILES string of the molecule is CC(C)CCN1CC2N(C(=O)OCc3cc(C(F)(F)F)cc(C(F)(F)F)c3)C(Cc3ccccc3)CC(=O)N2[C@@H](CCCN)C1=O. The zero-order valence-electron chi connectivity index (χ0n) is 25.6. The normalized spacial score (nSPS) is 20.7. The number of benzene rings is 2. The van der Waals surface area contributed by atoms with Gasteiger partial charge in [0.1, 0.15) is 18.8 Å². The van der Waals surface area contributed by atoms with Crippen molar-refractivity contribution in [2.75, 3.05) is 19.6 Å². The Morgan fingerprint density at radius 1 is 0.978 bits per heavy atom. The van der Waals surface area contributed by atoms with E-state index >= 15 is 0 Å². The molecule has 8 nitrogen and oxygen atoms in total. The zero-order chi connectivity index (χ0) is 33.8. The van der Waals surface area contributed by atoms with Crippen molar-refractivity contribution in [1.29, 1.82) is 0 Å². The molecule has 4 rings (SSSR count). The zero-order valence-corrected chi connectivity index (χ0v) is 25.6. The van der Waals surface area contributed by atoms with E-state index in [1.54, 1.807) is 23.1 Å². The fraction of sp³-hybridized carbons (Fsp3) is 0.531. The van der Waals surface area contributed by atoms with Crippen molar-refractivity contribution < 1.29 is 45.5 Å². The molecule has 3 atom stereocenters. The van der Waals surface area contributed by atoms with Gasteiger partial charge in [0.25, 0.3) is 0 Å². The third-order valence-corrected chi connectivity index (χ3v) is 8.24. The molecule has 2 N–H and O–H groups in total. The van der Waals surface area contributed by atoms with Crippen LogP contribution in [0.5, 0.6) is 0 Å². The van der Waals surface area contributed by atoms with Gasteiger partial charge in [0.05, 0.1) is 17.7 Å². The number of carbonyl (C=O) groups excluding carboxylic acids is 3. The maximum Gasteiger partial charge on any atom is 0.416 e. The molecule has 0 bridgehead atoms. The molecule has 2 aliphatic rings. The van der Waals surface area contributed by atoms with Crippen molar-refractivity contribution in [1.82, 2.24) is 14.7 Å². The average molecular weight is 657 g/mol. The van der Waals surface area contributed by atoms with E-state index in [-0.39, 0.29) is 56.2 Å². The van der Waals surface area contributed by atoms with Crippen LogP contribution in [0.25, 0.3) is 0 Å². The number of fused-ring (bicyclic) bond motifs is 1. The number of hydrogen-bond donors (Lipinski definition) is 1. The van der Waals surface area contributed by atoms with E-state index < -0.39 is 60.0 Å². The number of amides is 3. The van der Waals surface area contributed by atoms with Crippen LogP contribution in [-0.2, 0) is 39.7 Å². The lowest BCUT2D eigenvalue weighted by Gasteiger charge is -2.54. The highest BCUT2D eigenvalue weighted by Gasteiger charge is 2.52. The minimum absolute atomic E-state index is 0.00159. The second-order valence-electron chi connectivity index (χ2n) is 12.1. The van der Waals surface area contributed by atoms with Gasteiger partial charge in [-0.2, -0.15) is 26.3 Å². The predicted octanol–water partition coefficient (Wildman–Crippen LogP) is 5.83. The second kappa shape index (κ2) is 14.3. The molecule has 0 aliphatic carbocycles. The van der Waals surface area contributed by atoms with Gasteiger partial charge in [-0.15, -0.1) is 0 Å². The van der Waals surface area contributed by atoms with E-state index in [1.165, 1.54) is 9.80 Å². The Balaban J connectivity index is 1.70. The number of hydrogen-bond acceptors (Lipinski definition) is 5. The fourth-order valence-electron chi connectivity index (χ4n) is 5.96. The summed E-state index contributed by atoms with van der Waals surface area (Å²) in [4.78, 5) is 45.4. The van der Waals surface area contributed by atoms with Crippen LogP contribution in [0.15, 0.2) is 48.5 Å². The molecule has 2 unspecified atom stereocenters. The quantitative estimate of drug-likeness (QED) is 0.325. The summed E-state index contributed by atoms with van der Waals surface area (Å²) in [5.74, 6) is -0.360. The standard InChI is InChI=1S/C32H38F6N4O4/c1-20(2)10-12-40-18-27-41(30(45)46-19-22-13-23(31(33,34)35)16-24(14-22)32(36,37)38)25(15-21-7-4-3-5-8-21)17-28(43)42(27)26(29(40)44)9-6-11-39/h3-5,7-8,13-14,16,20,25-27H,6,9-12,15,17-19,39H2,1-2H3/t25?,26-,27?/m0/s1. The van der Waals surface area contributed by atoms with Crippen LogP contribution in [0.2, 0.25) is 0 Å². The number of rotatable bonds is 10. The first-order valence-corrected chi connectivity index (χ1v) is 15.2. The van der Waals surface area contributed by atoms with E-state index in [4.69, 9.17) is 10.5 Å². The van der Waals surface area contributed by atoms with Crippen molar-refractivity contribution in [3.05, 3.63) is 70.8 Å². The van der Waals surface area contributed by atoms with Gasteiger partial charge in [0.15, 0.2) is 0 Å². The number of ether oxygens (including phenoxy) is 1. The van der Waals surface area contributed by atoms with Gasteiger partial charge in [-0.1, -0.05) is 44.2 Å². The largest absolute Gasteiger partial charge is 0.444 e. The Hall–Kier alpha value is -3.81. The highest BCUT2D eigenvalue weighted by molar-refractivity contribution is 5.91. The molecule has 2 heterocycles. The average Bonchev–Trinajstić information content (AvgIpc) is 2.98. The molecule has 2 aromatic rings. The summed E-state index contributed by atoms with van der Waals surface area (Å²) in [5.41, 5.74) is 2.96. The molecule has 0 spiro atoms. The lowest BCUT2D eigenvalue weighted by atomic mass is 9.93. The number of halogens is 6. The molecule has 14 heteroatoms. The molecule has 3 amide bonds. The van der Waals surface area contributed by atoms with Crippen LogP contribution < -0.4 is 5.73 Å². The molecule has 2 fully saturated rings. The smallest absolute Gasteiger partial charge is 0.416 e. The van der Waals surface area contributed by atoms with E-state index in [2.05, 4.69) is 0 Å². The van der Waals surface area contributed by atoms with Gasteiger partial charge in [0, 0.05) is 19.0 Å². The summed E-state index contributed by atoms with van der Waals surface area (Å²) in [7, 11) is 0. The molecule has 2 aliphatic heterocycles. The van der Waals surface area contributed by atoms with E-state index in [1.807, 2.05) is 26.0 Å². The predicted molar refractivity (Wildman–Crippen MR) is 156 cm³/mol. The minimum Gasteiger partial charge on any atom is -0.444 e. The Bertz CT molecular complexity index is 1350. The maximum absolute atomic E-state index is 13.9. The third-order valence-electron chi connectivity index (χ3n) is 8.24. The molecule has 46 heavy (non-hydrogen) atoms. The molecule has 0 saturated carbocycles. The molecular formula is C32H38F6N4O4. The van der Waals surface area contributed by atoms with Crippen molar-refractivity contribution >= 4 is 17.9 Å². The first-order valence-electron chi connectivity index (χ1n) is 15.2. The van der Waals surface area contributed by atoms with Crippen LogP contribution >= 0.6 is 0 Å². The van der Waals surface area contributed by atoms with Crippen molar-refractivity contribution in [3.63, 3.8) is 0 Å². The Morgan fingerprint density at radius 3 is 2.17 bits per heavy atom. The minimum atomic E-state index is -5.07. The summed E-state index contributed by atoms with van der Waals surface area (Å²) < 4.78 is 86.1. The molecule has 2 aromatic carbocycles. The summed E-state index contributed by atoms with van der Waals surface area (Å²) in [6.07, 6.45) is -10.7. The first-order chi connectivity index (χ1) is 21.6. The number of carbonyl (C=O) groups is 3. The van der Waals surface area contributed by atoms with Gasteiger partial charge in [-0.3, -0.25) is 14.5 Å². The third kappa shape index (κ3) is 8.31. The Morgan fingerprint density at radius 2 is 1.61 bits per heavy atom. The Labute approximate surface area is 263 Å². The van der Waals surface area contributed by atoms with Crippen molar-refractivity contribution in [2.45, 2.75) is 83.2 Å². The second-order valence-corrected chi connectivity index (χ2v) is 12.1. The van der Waals surface area contributed by atoms with Gasteiger partial charge in [-0.25, -0.2) is 4.79 Å². The molecule has 0 aromatic heterocycles. The lowest BCUT2D eigenvalue weighted by molar-refractivity contribution is -0.172. The summed E-state index contributed by atoms with van der Waals surface area (Å²) >= 11 is 0. The topological polar surface area (TPSA) is 96.2 Å². The molecular weight excluding hydrogens is 618 g/mol. The van der Waals surface area contributed by atoms with Crippen LogP contribution in [0, 0.1) is 5.92 Å². The van der Waals surface area contributed by atoms with E-state index in [9.17, 15) is 40.7 Å². The number of nitrogens with two attached hydrogens (primary N) is 1. The van der Waals surface area contributed by atoms with Gasteiger partial charge >= 0.3 is 18.4 Å². The highest BCUT2D eigenvalue weighted by atomic mass is 19.4. The Kier molecular flexibility index (Phi) is 10.9. The van der Waals surface area contributed by atoms with E-state index in [0.29, 0.717) is 31.5 Å². The summed E-state index contributed by atoms with van der Waals surface area (Å²) in [6.45, 7) is 3.71. The highest BCUT2D eigenvalue weighted by Crippen LogP contribution is 2.37. The fourth-order valence-corrected chi connectivity index (χ4v) is 5.96. The van der Waals surface area contributed by atoms with Crippen molar-refractivity contribution in [2.24, 2.45) is 11.7 Å². The number of alkyl halides is 6. The van der Waals surface area contributed by atoms with Gasteiger partial charge in [0.2, 0.25) is 11.8 Å². The van der Waals surface area contributed by atoms with Crippen LogP contribution in [0.4, 0.5) is 31.1 Å². The van der Waals surface area contributed by atoms with Crippen LogP contribution in [0.3, 0.4) is 0 Å². The van der Waals surface area contributed by atoms with Crippen molar-refractivity contribution in [3.8, 4) is 0 Å². The summed E-state index contributed by atoms with van der Waals surface area (Å²) in [6, 6.07) is 8.36. The van der Waals surface area contributed by atoms with Crippen LogP contribution in [-0.4, -0.2) is 70.5 Å². The molecule has 252 valence electrons. The molecule has 2 saturated heterocycles. The van der Waals surface area contributed by atoms with E-state index in [0.717, 1.165) is 5.56 Å². The van der Waals surface area contributed by atoms with Gasteiger partial charge < -0.3 is 20.3 Å². The number of nitrogens with zero attached hydrogens (tertiary/aromatic N) is 3. The summed E-state index contributed by atoms with van der Waals surface area (Å²) in [5, 5.41) is 0. The van der Waals surface area contributed by atoms with Crippen LogP contribution in [0.1, 0.15) is 61.8 Å². The maximum atomic E-state index is 13.9. The monoisotopic (exact) mass is 656 g/mol. The first kappa shape index (κ1) is 35.1. The lowest BCUT2D eigenvalue weighted by Crippen LogP contribution is -2.73. The van der Waals surface area contributed by atoms with Gasteiger partial charge in [-0.05, 0) is 67.5 Å².